The largest absolute Gasteiger partial charge is 0.496 e. The third-order valence-corrected chi connectivity index (χ3v) is 3.98. The SMILES string of the molecule is COc1ccccc1C(=O)N[C@@H](C)c1ccc(C(C)(C)C)cc1. The number of hydrogen-bond acceptors (Lipinski definition) is 2. The molecule has 0 bridgehead atoms. The summed E-state index contributed by atoms with van der Waals surface area (Å²) in [5.41, 5.74) is 3.04. The first kappa shape index (κ1) is 17.1. The molecule has 0 heterocycles. The van der Waals surface area contributed by atoms with Crippen LogP contribution >= 0.6 is 0 Å². The third kappa shape index (κ3) is 4.13. The van der Waals surface area contributed by atoms with E-state index in [0.717, 1.165) is 5.56 Å². The van der Waals surface area contributed by atoms with Crippen LogP contribution in [0.5, 0.6) is 5.75 Å². The van der Waals surface area contributed by atoms with E-state index >= 15 is 0 Å². The minimum absolute atomic E-state index is 0.0681. The predicted octanol–water partition coefficient (Wildman–Crippen LogP) is 4.48. The summed E-state index contributed by atoms with van der Waals surface area (Å²) in [6.45, 7) is 8.55. The van der Waals surface area contributed by atoms with E-state index in [1.807, 2.05) is 19.1 Å². The fourth-order valence-corrected chi connectivity index (χ4v) is 2.46. The highest BCUT2D eigenvalue weighted by Crippen LogP contribution is 2.24. The van der Waals surface area contributed by atoms with E-state index in [0.29, 0.717) is 11.3 Å². The molecule has 0 aliphatic rings. The molecule has 2 rings (SSSR count). The van der Waals surface area contributed by atoms with Crippen molar-refractivity contribution in [1.29, 1.82) is 0 Å². The van der Waals surface area contributed by atoms with Gasteiger partial charge in [0.2, 0.25) is 0 Å². The molecule has 0 radical (unpaired) electrons. The average Bonchev–Trinajstić information content (AvgIpc) is 2.54. The highest BCUT2D eigenvalue weighted by molar-refractivity contribution is 5.97. The molecule has 0 saturated heterocycles. The minimum Gasteiger partial charge on any atom is -0.496 e. The van der Waals surface area contributed by atoms with Gasteiger partial charge in [-0.1, -0.05) is 57.2 Å². The first-order valence-electron chi connectivity index (χ1n) is 7.87. The lowest BCUT2D eigenvalue weighted by molar-refractivity contribution is 0.0937. The number of rotatable bonds is 4. The van der Waals surface area contributed by atoms with Crippen LogP contribution in [-0.2, 0) is 5.41 Å². The molecule has 1 atom stereocenters. The molecule has 0 aliphatic carbocycles. The van der Waals surface area contributed by atoms with E-state index in [9.17, 15) is 4.79 Å². The van der Waals surface area contributed by atoms with Crippen molar-refractivity contribution in [3.63, 3.8) is 0 Å². The van der Waals surface area contributed by atoms with Gasteiger partial charge in [-0.25, -0.2) is 0 Å². The topological polar surface area (TPSA) is 38.3 Å². The van der Waals surface area contributed by atoms with Gasteiger partial charge in [0.15, 0.2) is 0 Å². The van der Waals surface area contributed by atoms with Gasteiger partial charge < -0.3 is 10.1 Å². The maximum atomic E-state index is 12.4. The van der Waals surface area contributed by atoms with Crippen LogP contribution in [0.25, 0.3) is 0 Å². The summed E-state index contributed by atoms with van der Waals surface area (Å²) in [5, 5.41) is 3.03. The fraction of sp³-hybridized carbons (Fsp3) is 0.350. The number of carbonyl (C=O) groups is 1. The molecule has 0 aromatic heterocycles. The van der Waals surface area contributed by atoms with Crippen LogP contribution in [-0.4, -0.2) is 13.0 Å². The molecule has 122 valence electrons. The lowest BCUT2D eigenvalue weighted by Crippen LogP contribution is -2.27. The van der Waals surface area contributed by atoms with E-state index in [4.69, 9.17) is 4.74 Å². The van der Waals surface area contributed by atoms with E-state index in [-0.39, 0.29) is 17.4 Å². The standard InChI is InChI=1S/C20H25NO2/c1-14(15-10-12-16(13-11-15)20(2,3)4)21-19(22)17-8-6-7-9-18(17)23-5/h6-14H,1-5H3,(H,21,22)/t14-/m0/s1. The van der Waals surface area contributed by atoms with Gasteiger partial charge in [-0.2, -0.15) is 0 Å². The Labute approximate surface area is 138 Å². The number of carbonyl (C=O) groups excluding carboxylic acids is 1. The van der Waals surface area contributed by atoms with Crippen LogP contribution in [0, 0.1) is 0 Å². The second-order valence-electron chi connectivity index (χ2n) is 6.77. The molecule has 1 N–H and O–H groups in total. The molecule has 2 aromatic carbocycles. The predicted molar refractivity (Wildman–Crippen MR) is 94.0 cm³/mol. The van der Waals surface area contributed by atoms with Crippen LogP contribution in [0.2, 0.25) is 0 Å². The summed E-state index contributed by atoms with van der Waals surface area (Å²) in [4.78, 5) is 12.4. The van der Waals surface area contributed by atoms with Gasteiger partial charge >= 0.3 is 0 Å². The van der Waals surface area contributed by atoms with Crippen molar-refractivity contribution in [3.8, 4) is 5.75 Å². The summed E-state index contributed by atoms with van der Waals surface area (Å²) >= 11 is 0. The maximum absolute atomic E-state index is 12.4. The third-order valence-electron chi connectivity index (χ3n) is 3.98. The van der Waals surface area contributed by atoms with Crippen LogP contribution in [0.15, 0.2) is 48.5 Å². The fourth-order valence-electron chi connectivity index (χ4n) is 2.46. The number of amides is 1. The Morgan fingerprint density at radius 3 is 2.22 bits per heavy atom. The van der Waals surface area contributed by atoms with Gasteiger partial charge in [0.05, 0.1) is 18.7 Å². The molecule has 0 fully saturated rings. The Bertz CT molecular complexity index is 669. The van der Waals surface area contributed by atoms with Crippen LogP contribution in [0.1, 0.15) is 55.2 Å². The van der Waals surface area contributed by atoms with Crippen molar-refractivity contribution < 1.29 is 9.53 Å². The highest BCUT2D eigenvalue weighted by atomic mass is 16.5. The number of hydrogen-bond donors (Lipinski definition) is 1. The molecule has 0 unspecified atom stereocenters. The number of methoxy groups -OCH3 is 1. The molecule has 3 heteroatoms. The van der Waals surface area contributed by atoms with Crippen molar-refractivity contribution in [3.05, 3.63) is 65.2 Å². The summed E-state index contributed by atoms with van der Waals surface area (Å²) in [6, 6.07) is 15.6. The van der Waals surface area contributed by atoms with Gasteiger partial charge in [0.1, 0.15) is 5.75 Å². The van der Waals surface area contributed by atoms with E-state index < -0.39 is 0 Å². The van der Waals surface area contributed by atoms with Crippen molar-refractivity contribution in [1.82, 2.24) is 5.32 Å². The Morgan fingerprint density at radius 1 is 1.04 bits per heavy atom. The summed E-state index contributed by atoms with van der Waals surface area (Å²) in [7, 11) is 1.57. The van der Waals surface area contributed by atoms with Crippen molar-refractivity contribution >= 4 is 5.91 Å². The van der Waals surface area contributed by atoms with Crippen LogP contribution in [0.3, 0.4) is 0 Å². The highest BCUT2D eigenvalue weighted by Gasteiger charge is 2.17. The van der Waals surface area contributed by atoms with Gasteiger partial charge in [-0.05, 0) is 35.6 Å². The number of para-hydroxylation sites is 1. The van der Waals surface area contributed by atoms with Gasteiger partial charge in [0.25, 0.3) is 5.91 Å². The zero-order chi connectivity index (χ0) is 17.0. The van der Waals surface area contributed by atoms with Gasteiger partial charge in [0, 0.05) is 0 Å². The zero-order valence-electron chi connectivity index (χ0n) is 14.5. The van der Waals surface area contributed by atoms with E-state index in [1.54, 1.807) is 19.2 Å². The summed E-state index contributed by atoms with van der Waals surface area (Å²) in [5.74, 6) is 0.454. The Balaban J connectivity index is 2.12. The van der Waals surface area contributed by atoms with Crippen molar-refractivity contribution in [2.24, 2.45) is 0 Å². The van der Waals surface area contributed by atoms with Crippen LogP contribution in [0.4, 0.5) is 0 Å². The number of ether oxygens (including phenoxy) is 1. The number of nitrogens with one attached hydrogen (secondary N) is 1. The molecule has 1 amide bonds. The molecule has 23 heavy (non-hydrogen) atoms. The maximum Gasteiger partial charge on any atom is 0.255 e. The summed E-state index contributed by atoms with van der Waals surface area (Å²) < 4.78 is 5.25. The Morgan fingerprint density at radius 2 is 1.65 bits per heavy atom. The monoisotopic (exact) mass is 311 g/mol. The quantitative estimate of drug-likeness (QED) is 0.904. The lowest BCUT2D eigenvalue weighted by atomic mass is 9.86. The van der Waals surface area contributed by atoms with E-state index in [1.165, 1.54) is 5.56 Å². The lowest BCUT2D eigenvalue weighted by Gasteiger charge is -2.21. The second kappa shape index (κ2) is 6.86. The van der Waals surface area contributed by atoms with Gasteiger partial charge in [-0.15, -0.1) is 0 Å². The molecule has 2 aromatic rings. The Kier molecular flexibility index (Phi) is 5.09. The molecule has 0 spiro atoms. The molecular weight excluding hydrogens is 286 g/mol. The van der Waals surface area contributed by atoms with E-state index in [2.05, 4.69) is 50.4 Å². The molecule has 0 saturated carbocycles. The first-order valence-corrected chi connectivity index (χ1v) is 7.87. The molecule has 3 nitrogen and oxygen atoms in total. The van der Waals surface area contributed by atoms with Crippen molar-refractivity contribution in [2.75, 3.05) is 7.11 Å². The van der Waals surface area contributed by atoms with Crippen molar-refractivity contribution in [2.45, 2.75) is 39.2 Å². The van der Waals surface area contributed by atoms with Crippen LogP contribution < -0.4 is 10.1 Å². The normalized spacial score (nSPS) is 12.6. The number of benzene rings is 2. The zero-order valence-corrected chi connectivity index (χ0v) is 14.5. The molecule has 0 aliphatic heterocycles. The average molecular weight is 311 g/mol. The van der Waals surface area contributed by atoms with Gasteiger partial charge in [-0.3, -0.25) is 4.79 Å². The second-order valence-corrected chi connectivity index (χ2v) is 6.77. The first-order chi connectivity index (χ1) is 10.8. The minimum atomic E-state index is -0.130. The summed E-state index contributed by atoms with van der Waals surface area (Å²) in [6.07, 6.45) is 0. The molecular formula is C20H25NO2. The smallest absolute Gasteiger partial charge is 0.255 e. The Hall–Kier alpha value is -2.29.